The molecule has 0 saturated heterocycles. The number of hydrogen-bond acceptors (Lipinski definition) is 3. The van der Waals surface area contributed by atoms with Crippen molar-refractivity contribution in [2.75, 3.05) is 5.32 Å². The Labute approximate surface area is 140 Å². The van der Waals surface area contributed by atoms with Gasteiger partial charge in [-0.1, -0.05) is 29.8 Å². The summed E-state index contributed by atoms with van der Waals surface area (Å²) in [6.45, 7) is 2.06. The lowest BCUT2D eigenvalue weighted by atomic mass is 9.76. The number of aromatic hydroxyl groups is 2. The molecule has 0 saturated carbocycles. The van der Waals surface area contributed by atoms with Crippen molar-refractivity contribution >= 4 is 17.3 Å². The summed E-state index contributed by atoms with van der Waals surface area (Å²) in [5.74, 6) is 0.744. The summed E-state index contributed by atoms with van der Waals surface area (Å²) in [5, 5.41) is 24.2. The summed E-state index contributed by atoms with van der Waals surface area (Å²) in [6, 6.07) is 8.77. The number of aryl methyl sites for hydroxylation is 1. The highest BCUT2D eigenvalue weighted by Crippen LogP contribution is 2.53. The first kappa shape index (κ1) is 14.5. The molecule has 0 spiro atoms. The van der Waals surface area contributed by atoms with Gasteiger partial charge in [0.2, 0.25) is 0 Å². The maximum Gasteiger partial charge on any atom is 0.124 e. The Hall–Kier alpha value is -2.13. The topological polar surface area (TPSA) is 52.5 Å². The van der Waals surface area contributed by atoms with E-state index >= 15 is 0 Å². The van der Waals surface area contributed by atoms with Crippen molar-refractivity contribution in [2.45, 2.75) is 25.3 Å². The number of nitrogens with one attached hydrogen (secondary N) is 1. The molecule has 0 amide bonds. The smallest absolute Gasteiger partial charge is 0.124 e. The molecule has 4 rings (SSSR count). The number of halogens is 1. The third-order valence-corrected chi connectivity index (χ3v) is 5.35. The molecule has 1 heterocycles. The first-order chi connectivity index (χ1) is 11.1. The summed E-state index contributed by atoms with van der Waals surface area (Å²) in [6.07, 6.45) is 5.35. The van der Waals surface area contributed by atoms with E-state index in [0.717, 1.165) is 33.8 Å². The number of benzene rings is 2. The minimum Gasteiger partial charge on any atom is -0.508 e. The van der Waals surface area contributed by atoms with Crippen LogP contribution >= 0.6 is 11.6 Å². The van der Waals surface area contributed by atoms with Gasteiger partial charge in [0, 0.05) is 33.8 Å². The zero-order chi connectivity index (χ0) is 16.1. The second kappa shape index (κ2) is 5.20. The number of hydrogen-bond donors (Lipinski definition) is 3. The van der Waals surface area contributed by atoms with Crippen LogP contribution in [0, 0.1) is 12.8 Å². The first-order valence-electron chi connectivity index (χ1n) is 7.80. The van der Waals surface area contributed by atoms with Crippen molar-refractivity contribution in [2.24, 2.45) is 5.92 Å². The highest BCUT2D eigenvalue weighted by Gasteiger charge is 2.40. The fraction of sp³-hybridized carbons (Fsp3) is 0.263. The Kier molecular flexibility index (Phi) is 3.27. The Morgan fingerprint density at radius 1 is 1.17 bits per heavy atom. The van der Waals surface area contributed by atoms with Crippen LogP contribution in [0.5, 0.6) is 11.5 Å². The van der Waals surface area contributed by atoms with Crippen molar-refractivity contribution in [1.82, 2.24) is 0 Å². The molecule has 2 aromatic carbocycles. The minimum absolute atomic E-state index is 0.0136. The molecule has 0 radical (unpaired) electrons. The van der Waals surface area contributed by atoms with Gasteiger partial charge in [-0.25, -0.2) is 0 Å². The fourth-order valence-corrected chi connectivity index (χ4v) is 4.20. The van der Waals surface area contributed by atoms with E-state index in [0.29, 0.717) is 5.92 Å². The van der Waals surface area contributed by atoms with Crippen molar-refractivity contribution in [3.05, 3.63) is 64.2 Å². The van der Waals surface area contributed by atoms with Gasteiger partial charge in [0.15, 0.2) is 0 Å². The van der Waals surface area contributed by atoms with Gasteiger partial charge < -0.3 is 15.5 Å². The third-order valence-electron chi connectivity index (χ3n) is 5.02. The van der Waals surface area contributed by atoms with E-state index < -0.39 is 0 Å². The number of fused-ring (bicyclic) bond motifs is 3. The van der Waals surface area contributed by atoms with E-state index in [9.17, 15) is 10.2 Å². The van der Waals surface area contributed by atoms with E-state index in [-0.39, 0.29) is 23.5 Å². The number of anilines is 1. The lowest BCUT2D eigenvalue weighted by molar-refractivity contribution is 0.398. The summed E-state index contributed by atoms with van der Waals surface area (Å²) in [4.78, 5) is 0. The fourth-order valence-electron chi connectivity index (χ4n) is 3.91. The number of allylic oxidation sites excluding steroid dienone is 2. The molecule has 3 N–H and O–H groups in total. The van der Waals surface area contributed by atoms with Crippen molar-refractivity contribution in [3.8, 4) is 11.5 Å². The predicted molar refractivity (Wildman–Crippen MR) is 92.3 cm³/mol. The first-order valence-corrected chi connectivity index (χ1v) is 8.18. The Morgan fingerprint density at radius 3 is 2.78 bits per heavy atom. The second-order valence-electron chi connectivity index (χ2n) is 6.37. The zero-order valence-electron chi connectivity index (χ0n) is 12.8. The van der Waals surface area contributed by atoms with Gasteiger partial charge in [-0.3, -0.25) is 0 Å². The standard InChI is InChI=1S/C19H18ClNO2/c1-10-5-8-15(20)17-12-3-2-4-13(12)19(21-18(10)17)14-7-6-11(22)9-16(14)23/h2-3,5-9,12-13,19,21-23H,4H2,1H3. The SMILES string of the molecule is Cc1ccc(Cl)c2c1NC(c1ccc(O)cc1O)C1CC=CC21. The van der Waals surface area contributed by atoms with Crippen LogP contribution in [0.25, 0.3) is 0 Å². The number of phenols is 2. The molecule has 23 heavy (non-hydrogen) atoms. The molecule has 0 fully saturated rings. The molecule has 2 aromatic rings. The van der Waals surface area contributed by atoms with Gasteiger partial charge in [0.05, 0.1) is 6.04 Å². The molecule has 3 nitrogen and oxygen atoms in total. The molecule has 118 valence electrons. The second-order valence-corrected chi connectivity index (χ2v) is 6.78. The summed E-state index contributed by atoms with van der Waals surface area (Å²) < 4.78 is 0. The average Bonchev–Trinajstić information content (AvgIpc) is 3.00. The normalized spacial score (nSPS) is 24.9. The van der Waals surface area contributed by atoms with Gasteiger partial charge in [0.1, 0.15) is 11.5 Å². The van der Waals surface area contributed by atoms with Crippen molar-refractivity contribution in [1.29, 1.82) is 0 Å². The highest BCUT2D eigenvalue weighted by atomic mass is 35.5. The lowest BCUT2D eigenvalue weighted by Crippen LogP contribution is -2.29. The molecule has 1 aliphatic heterocycles. The third kappa shape index (κ3) is 2.19. The number of phenolic OH excluding ortho intramolecular Hbond substituents is 2. The molecule has 2 aliphatic rings. The van der Waals surface area contributed by atoms with Crippen LogP contribution < -0.4 is 5.32 Å². The van der Waals surface area contributed by atoms with E-state index in [2.05, 4.69) is 24.4 Å². The van der Waals surface area contributed by atoms with Crippen LogP contribution in [0.3, 0.4) is 0 Å². The Morgan fingerprint density at radius 2 is 2.00 bits per heavy atom. The molecular weight excluding hydrogens is 310 g/mol. The summed E-state index contributed by atoms with van der Waals surface area (Å²) >= 11 is 6.47. The molecule has 0 aromatic heterocycles. The van der Waals surface area contributed by atoms with Crippen LogP contribution in [-0.2, 0) is 0 Å². The molecule has 3 unspecified atom stereocenters. The zero-order valence-corrected chi connectivity index (χ0v) is 13.5. The van der Waals surface area contributed by atoms with Crippen LogP contribution in [-0.4, -0.2) is 10.2 Å². The van der Waals surface area contributed by atoms with Crippen LogP contribution in [0.15, 0.2) is 42.5 Å². The van der Waals surface area contributed by atoms with Crippen LogP contribution in [0.4, 0.5) is 5.69 Å². The maximum atomic E-state index is 10.3. The van der Waals surface area contributed by atoms with Crippen molar-refractivity contribution in [3.63, 3.8) is 0 Å². The van der Waals surface area contributed by atoms with Gasteiger partial charge in [-0.2, -0.15) is 0 Å². The average molecular weight is 328 g/mol. The Balaban J connectivity index is 1.86. The monoisotopic (exact) mass is 327 g/mol. The van der Waals surface area contributed by atoms with Gasteiger partial charge in [-0.15, -0.1) is 0 Å². The van der Waals surface area contributed by atoms with Gasteiger partial charge in [-0.05, 0) is 43.0 Å². The quantitative estimate of drug-likeness (QED) is 0.654. The maximum absolute atomic E-state index is 10.3. The van der Waals surface area contributed by atoms with Gasteiger partial charge in [0.25, 0.3) is 0 Å². The molecule has 0 bridgehead atoms. The van der Waals surface area contributed by atoms with Crippen molar-refractivity contribution < 1.29 is 10.2 Å². The molecular formula is C19H18ClNO2. The Bertz CT molecular complexity index is 815. The van der Waals surface area contributed by atoms with E-state index in [1.54, 1.807) is 12.1 Å². The summed E-state index contributed by atoms with van der Waals surface area (Å²) in [7, 11) is 0. The van der Waals surface area contributed by atoms with E-state index in [1.807, 2.05) is 12.1 Å². The number of rotatable bonds is 1. The molecule has 1 aliphatic carbocycles. The van der Waals surface area contributed by atoms with E-state index in [4.69, 9.17) is 11.6 Å². The van der Waals surface area contributed by atoms with Crippen LogP contribution in [0.2, 0.25) is 5.02 Å². The summed E-state index contributed by atoms with van der Waals surface area (Å²) in [5.41, 5.74) is 4.17. The largest absolute Gasteiger partial charge is 0.508 e. The lowest BCUT2D eigenvalue weighted by Gasteiger charge is -2.39. The molecule has 3 atom stereocenters. The molecule has 4 heteroatoms. The van der Waals surface area contributed by atoms with E-state index in [1.165, 1.54) is 6.07 Å². The predicted octanol–water partition coefficient (Wildman–Crippen LogP) is 4.89. The highest BCUT2D eigenvalue weighted by molar-refractivity contribution is 6.32. The van der Waals surface area contributed by atoms with Gasteiger partial charge >= 0.3 is 0 Å². The minimum atomic E-state index is -0.0136. The van der Waals surface area contributed by atoms with Crippen LogP contribution in [0.1, 0.15) is 35.1 Å².